The summed E-state index contributed by atoms with van der Waals surface area (Å²) in [6, 6.07) is 2.64. The van der Waals surface area contributed by atoms with E-state index < -0.39 is 10.7 Å². The maximum atomic E-state index is 13.4. The lowest BCUT2D eigenvalue weighted by atomic mass is 10.1. The first-order chi connectivity index (χ1) is 8.58. The molecular formula is C12H16FN3O2. The van der Waals surface area contributed by atoms with Crippen LogP contribution in [0.2, 0.25) is 0 Å². The van der Waals surface area contributed by atoms with Crippen molar-refractivity contribution in [2.24, 2.45) is 0 Å². The lowest BCUT2D eigenvalue weighted by Crippen LogP contribution is -2.38. The van der Waals surface area contributed by atoms with Crippen LogP contribution < -0.4 is 10.6 Å². The Kier molecular flexibility index (Phi) is 3.76. The number of anilines is 1. The molecule has 0 saturated carbocycles. The molecule has 5 nitrogen and oxygen atoms in total. The van der Waals surface area contributed by atoms with Crippen molar-refractivity contribution < 1.29 is 9.31 Å². The van der Waals surface area contributed by atoms with Gasteiger partial charge in [0.15, 0.2) is 0 Å². The lowest BCUT2D eigenvalue weighted by molar-refractivity contribution is -0.384. The monoisotopic (exact) mass is 253 g/mol. The first-order valence-corrected chi connectivity index (χ1v) is 5.99. The molecule has 0 bridgehead atoms. The fraction of sp³-hybridized carbons (Fsp3) is 0.500. The smallest absolute Gasteiger partial charge is 0.295 e. The molecule has 0 spiro atoms. The second-order valence-electron chi connectivity index (χ2n) is 4.56. The Bertz CT molecular complexity index is 459. The van der Waals surface area contributed by atoms with Gasteiger partial charge >= 0.3 is 0 Å². The summed E-state index contributed by atoms with van der Waals surface area (Å²) in [6.45, 7) is 3.35. The molecule has 0 radical (unpaired) electrons. The Labute approximate surface area is 105 Å². The van der Waals surface area contributed by atoms with Gasteiger partial charge in [-0.25, -0.2) is 4.39 Å². The Morgan fingerprint density at radius 3 is 2.94 bits per heavy atom. The van der Waals surface area contributed by atoms with Crippen LogP contribution in [0.5, 0.6) is 0 Å². The van der Waals surface area contributed by atoms with Gasteiger partial charge in [-0.3, -0.25) is 10.1 Å². The molecule has 1 aromatic rings. The van der Waals surface area contributed by atoms with E-state index in [9.17, 15) is 14.5 Å². The van der Waals surface area contributed by atoms with Gasteiger partial charge in [0.05, 0.1) is 11.0 Å². The van der Waals surface area contributed by atoms with Crippen molar-refractivity contribution in [2.45, 2.75) is 25.8 Å². The largest absolute Gasteiger partial charge is 0.375 e. The Morgan fingerprint density at radius 2 is 2.33 bits per heavy atom. The topological polar surface area (TPSA) is 67.2 Å². The molecule has 1 aliphatic rings. The van der Waals surface area contributed by atoms with Crippen molar-refractivity contribution in [1.29, 1.82) is 0 Å². The van der Waals surface area contributed by atoms with Crippen LogP contribution in [-0.2, 0) is 0 Å². The number of nitrogens with zero attached hydrogens (tertiary/aromatic N) is 1. The first-order valence-electron chi connectivity index (χ1n) is 5.99. The molecule has 1 aromatic carbocycles. The fourth-order valence-corrected chi connectivity index (χ4v) is 2.13. The number of rotatable bonds is 3. The van der Waals surface area contributed by atoms with Crippen LogP contribution in [0, 0.1) is 22.9 Å². The molecule has 0 aliphatic carbocycles. The van der Waals surface area contributed by atoms with Gasteiger partial charge in [0, 0.05) is 12.6 Å². The molecule has 0 amide bonds. The number of hydrogen-bond acceptors (Lipinski definition) is 4. The highest BCUT2D eigenvalue weighted by Gasteiger charge is 2.20. The number of nitro benzene ring substituents is 1. The summed E-state index contributed by atoms with van der Waals surface area (Å²) in [6.07, 6.45) is 1.99. The Hall–Kier alpha value is -1.69. The minimum Gasteiger partial charge on any atom is -0.375 e. The molecule has 1 fully saturated rings. The van der Waals surface area contributed by atoms with E-state index in [0.717, 1.165) is 32.0 Å². The maximum absolute atomic E-state index is 13.4. The third-order valence-electron chi connectivity index (χ3n) is 3.13. The highest BCUT2D eigenvalue weighted by atomic mass is 19.1. The highest BCUT2D eigenvalue weighted by Crippen LogP contribution is 2.28. The summed E-state index contributed by atoms with van der Waals surface area (Å²) in [5, 5.41) is 17.3. The van der Waals surface area contributed by atoms with E-state index in [1.165, 1.54) is 6.07 Å². The second-order valence-corrected chi connectivity index (χ2v) is 4.56. The number of halogens is 1. The van der Waals surface area contributed by atoms with Crippen molar-refractivity contribution >= 4 is 11.4 Å². The van der Waals surface area contributed by atoms with Gasteiger partial charge in [0.2, 0.25) is 0 Å². The summed E-state index contributed by atoms with van der Waals surface area (Å²) in [7, 11) is 0. The zero-order chi connectivity index (χ0) is 13.1. The molecule has 0 aromatic heterocycles. The quantitative estimate of drug-likeness (QED) is 0.640. The fourth-order valence-electron chi connectivity index (χ4n) is 2.13. The average molecular weight is 253 g/mol. The van der Waals surface area contributed by atoms with Gasteiger partial charge in [0.1, 0.15) is 11.5 Å². The van der Waals surface area contributed by atoms with Gasteiger partial charge in [-0.1, -0.05) is 0 Å². The van der Waals surface area contributed by atoms with Gasteiger partial charge in [-0.15, -0.1) is 0 Å². The van der Waals surface area contributed by atoms with Crippen LogP contribution in [0.25, 0.3) is 0 Å². The highest BCUT2D eigenvalue weighted by molar-refractivity contribution is 5.63. The van der Waals surface area contributed by atoms with Crippen LogP contribution in [-0.4, -0.2) is 24.1 Å². The first kappa shape index (κ1) is 12.8. The molecule has 2 N–H and O–H groups in total. The van der Waals surface area contributed by atoms with E-state index in [1.54, 1.807) is 6.92 Å². The van der Waals surface area contributed by atoms with E-state index in [4.69, 9.17) is 0 Å². The van der Waals surface area contributed by atoms with E-state index in [-0.39, 0.29) is 11.7 Å². The SMILES string of the molecule is Cc1cc(NC2CCCNC2)c([N+](=O)[O-])cc1F. The summed E-state index contributed by atoms with van der Waals surface area (Å²) in [4.78, 5) is 10.4. The molecule has 6 heteroatoms. The minimum absolute atomic E-state index is 0.155. The number of nitro groups is 1. The molecule has 1 aliphatic heterocycles. The molecule has 1 unspecified atom stereocenters. The van der Waals surface area contributed by atoms with Crippen molar-refractivity contribution in [2.75, 3.05) is 18.4 Å². The maximum Gasteiger partial charge on any atom is 0.295 e. The molecule has 1 heterocycles. The van der Waals surface area contributed by atoms with Crippen LogP contribution >= 0.6 is 0 Å². The number of piperidine rings is 1. The van der Waals surface area contributed by atoms with Gasteiger partial charge in [0.25, 0.3) is 5.69 Å². The minimum atomic E-state index is -0.554. The van der Waals surface area contributed by atoms with Crippen molar-refractivity contribution in [1.82, 2.24) is 5.32 Å². The molecule has 2 rings (SSSR count). The van der Waals surface area contributed by atoms with Crippen LogP contribution in [0.15, 0.2) is 12.1 Å². The van der Waals surface area contributed by atoms with E-state index in [0.29, 0.717) is 11.3 Å². The number of hydrogen-bond donors (Lipinski definition) is 2. The van der Waals surface area contributed by atoms with Crippen LogP contribution in [0.3, 0.4) is 0 Å². The molecular weight excluding hydrogens is 237 g/mol. The molecule has 98 valence electrons. The van der Waals surface area contributed by atoms with Crippen molar-refractivity contribution in [3.8, 4) is 0 Å². The van der Waals surface area contributed by atoms with Crippen LogP contribution in [0.1, 0.15) is 18.4 Å². The molecule has 1 atom stereocenters. The zero-order valence-corrected chi connectivity index (χ0v) is 10.2. The average Bonchev–Trinajstić information content (AvgIpc) is 2.34. The molecule has 18 heavy (non-hydrogen) atoms. The summed E-state index contributed by atoms with van der Waals surface area (Å²) < 4.78 is 13.4. The number of nitrogens with one attached hydrogen (secondary N) is 2. The van der Waals surface area contributed by atoms with Crippen molar-refractivity contribution in [3.05, 3.63) is 33.6 Å². The number of benzene rings is 1. The second kappa shape index (κ2) is 5.30. The van der Waals surface area contributed by atoms with Gasteiger partial charge < -0.3 is 10.6 Å². The van der Waals surface area contributed by atoms with Crippen LogP contribution in [0.4, 0.5) is 15.8 Å². The van der Waals surface area contributed by atoms with Gasteiger partial charge in [-0.05, 0) is 37.9 Å². The lowest BCUT2D eigenvalue weighted by Gasteiger charge is -2.24. The van der Waals surface area contributed by atoms with Crippen molar-refractivity contribution in [3.63, 3.8) is 0 Å². The predicted octanol–water partition coefficient (Wildman–Crippen LogP) is 2.21. The van der Waals surface area contributed by atoms with Gasteiger partial charge in [-0.2, -0.15) is 0 Å². The third-order valence-corrected chi connectivity index (χ3v) is 3.13. The Balaban J connectivity index is 2.24. The summed E-state index contributed by atoms with van der Waals surface area (Å²) in [5.74, 6) is -0.547. The third kappa shape index (κ3) is 2.76. The summed E-state index contributed by atoms with van der Waals surface area (Å²) in [5.41, 5.74) is 0.600. The van der Waals surface area contributed by atoms with E-state index >= 15 is 0 Å². The zero-order valence-electron chi connectivity index (χ0n) is 10.2. The Morgan fingerprint density at radius 1 is 1.56 bits per heavy atom. The number of aryl methyl sites for hydroxylation is 1. The van der Waals surface area contributed by atoms with E-state index in [1.807, 2.05) is 0 Å². The standard InChI is InChI=1S/C12H16FN3O2/c1-8-5-11(12(16(17)18)6-10(8)13)15-9-3-2-4-14-7-9/h5-6,9,14-15H,2-4,7H2,1H3. The van der Waals surface area contributed by atoms with E-state index in [2.05, 4.69) is 10.6 Å². The normalized spacial score (nSPS) is 19.6. The summed E-state index contributed by atoms with van der Waals surface area (Å²) >= 11 is 0. The predicted molar refractivity (Wildman–Crippen MR) is 67.3 cm³/mol. The molecule has 1 saturated heterocycles.